The first-order valence-corrected chi connectivity index (χ1v) is 6.96. The van der Waals surface area contributed by atoms with Crippen molar-refractivity contribution < 1.29 is 9.53 Å². The third-order valence-corrected chi connectivity index (χ3v) is 4.01. The first-order valence-electron chi connectivity index (χ1n) is 6.96. The number of hydrogen-bond donors (Lipinski definition) is 2. The van der Waals surface area contributed by atoms with Crippen molar-refractivity contribution >= 4 is 11.6 Å². The van der Waals surface area contributed by atoms with Gasteiger partial charge in [0, 0.05) is 12.2 Å². The Bertz CT molecular complexity index is 461. The molecule has 0 aromatic heterocycles. The molecule has 110 valence electrons. The minimum absolute atomic E-state index is 0.274. The van der Waals surface area contributed by atoms with E-state index < -0.39 is 5.54 Å². The van der Waals surface area contributed by atoms with Gasteiger partial charge >= 0.3 is 0 Å². The summed E-state index contributed by atoms with van der Waals surface area (Å²) in [6.45, 7) is 1.87. The van der Waals surface area contributed by atoms with Crippen molar-refractivity contribution in [1.82, 2.24) is 4.90 Å². The molecule has 0 saturated carbocycles. The molecule has 1 aliphatic heterocycles. The Morgan fingerprint density at radius 1 is 1.30 bits per heavy atom. The van der Waals surface area contributed by atoms with Crippen LogP contribution < -0.4 is 15.8 Å². The fourth-order valence-corrected chi connectivity index (χ4v) is 2.65. The Hall–Kier alpha value is -1.75. The maximum atomic E-state index is 12.0. The van der Waals surface area contributed by atoms with Gasteiger partial charge in [-0.15, -0.1) is 0 Å². The monoisotopic (exact) mass is 277 g/mol. The average molecular weight is 277 g/mol. The number of methoxy groups -OCH3 is 1. The lowest BCUT2D eigenvalue weighted by Crippen LogP contribution is -2.51. The summed E-state index contributed by atoms with van der Waals surface area (Å²) in [6.07, 6.45) is 2.45. The van der Waals surface area contributed by atoms with Crippen molar-refractivity contribution in [3.63, 3.8) is 0 Å². The van der Waals surface area contributed by atoms with Crippen molar-refractivity contribution in [3.8, 4) is 5.75 Å². The molecular weight excluding hydrogens is 254 g/mol. The third kappa shape index (κ3) is 3.22. The minimum atomic E-state index is -0.653. The molecule has 1 fully saturated rings. The maximum Gasteiger partial charge on any atom is 0.243 e. The van der Waals surface area contributed by atoms with Crippen molar-refractivity contribution in [1.29, 1.82) is 0 Å². The molecule has 0 radical (unpaired) electrons. The first kappa shape index (κ1) is 14.7. The SMILES string of the molecule is COc1ccc(NC2(C(N)=O)CCCN(C)CC2)cc1. The van der Waals surface area contributed by atoms with Gasteiger partial charge in [0.2, 0.25) is 5.91 Å². The number of anilines is 1. The second-order valence-corrected chi connectivity index (χ2v) is 5.46. The predicted octanol–water partition coefficient (Wildman–Crippen LogP) is 1.45. The highest BCUT2D eigenvalue weighted by Crippen LogP contribution is 2.27. The van der Waals surface area contributed by atoms with Crippen LogP contribution in [0.15, 0.2) is 24.3 Å². The van der Waals surface area contributed by atoms with Crippen LogP contribution in [0.25, 0.3) is 0 Å². The number of rotatable bonds is 4. The summed E-state index contributed by atoms with van der Waals surface area (Å²) < 4.78 is 5.14. The van der Waals surface area contributed by atoms with Gasteiger partial charge in [0.1, 0.15) is 11.3 Å². The molecule has 2 rings (SSSR count). The zero-order chi connectivity index (χ0) is 14.6. The van der Waals surface area contributed by atoms with E-state index in [9.17, 15) is 4.79 Å². The number of benzene rings is 1. The van der Waals surface area contributed by atoms with E-state index in [1.807, 2.05) is 24.3 Å². The summed E-state index contributed by atoms with van der Waals surface area (Å²) in [5.74, 6) is 0.521. The zero-order valence-electron chi connectivity index (χ0n) is 12.2. The van der Waals surface area contributed by atoms with Gasteiger partial charge in [-0.3, -0.25) is 4.79 Å². The number of carbonyl (C=O) groups is 1. The summed E-state index contributed by atoms with van der Waals surface area (Å²) in [5.41, 5.74) is 5.92. The van der Waals surface area contributed by atoms with Crippen LogP contribution in [0.1, 0.15) is 19.3 Å². The molecule has 1 amide bonds. The summed E-state index contributed by atoms with van der Waals surface area (Å²) in [6, 6.07) is 7.58. The number of carbonyl (C=O) groups excluding carboxylic acids is 1. The van der Waals surface area contributed by atoms with E-state index in [2.05, 4.69) is 17.3 Å². The van der Waals surface area contributed by atoms with Crippen LogP contribution >= 0.6 is 0 Å². The molecule has 5 nitrogen and oxygen atoms in total. The topological polar surface area (TPSA) is 67.6 Å². The average Bonchev–Trinajstić information content (AvgIpc) is 2.63. The van der Waals surface area contributed by atoms with Gasteiger partial charge in [-0.05, 0) is 57.1 Å². The Morgan fingerprint density at radius 2 is 2.00 bits per heavy atom. The largest absolute Gasteiger partial charge is 0.497 e. The molecule has 1 aromatic rings. The summed E-state index contributed by atoms with van der Waals surface area (Å²) >= 11 is 0. The van der Waals surface area contributed by atoms with Crippen molar-refractivity contribution in [3.05, 3.63) is 24.3 Å². The van der Waals surface area contributed by atoms with E-state index >= 15 is 0 Å². The smallest absolute Gasteiger partial charge is 0.243 e. The van der Waals surface area contributed by atoms with Crippen LogP contribution in [-0.4, -0.2) is 43.6 Å². The van der Waals surface area contributed by atoms with E-state index in [4.69, 9.17) is 10.5 Å². The number of ether oxygens (including phenoxy) is 1. The molecule has 0 bridgehead atoms. The number of likely N-dealkylation sites (tertiary alicyclic amines) is 1. The standard InChI is InChI=1S/C15H23N3O2/c1-18-10-3-8-15(9-11-18,14(16)19)17-12-4-6-13(20-2)7-5-12/h4-7,17H,3,8-11H2,1-2H3,(H2,16,19). The highest BCUT2D eigenvalue weighted by molar-refractivity contribution is 5.88. The number of nitrogens with one attached hydrogen (secondary N) is 1. The fourth-order valence-electron chi connectivity index (χ4n) is 2.65. The van der Waals surface area contributed by atoms with Crippen LogP contribution in [0, 0.1) is 0 Å². The molecule has 0 aliphatic carbocycles. The second-order valence-electron chi connectivity index (χ2n) is 5.46. The predicted molar refractivity (Wildman–Crippen MR) is 79.9 cm³/mol. The molecule has 1 unspecified atom stereocenters. The molecule has 0 spiro atoms. The summed E-state index contributed by atoms with van der Waals surface area (Å²) in [7, 11) is 3.71. The van der Waals surface area contributed by atoms with E-state index in [1.54, 1.807) is 7.11 Å². The molecule has 3 N–H and O–H groups in total. The molecule has 1 atom stereocenters. The van der Waals surface area contributed by atoms with Gasteiger partial charge in [-0.2, -0.15) is 0 Å². The number of primary amides is 1. The van der Waals surface area contributed by atoms with Crippen LogP contribution in [0.5, 0.6) is 5.75 Å². The Kier molecular flexibility index (Phi) is 4.49. The van der Waals surface area contributed by atoms with Crippen molar-refractivity contribution in [2.45, 2.75) is 24.8 Å². The van der Waals surface area contributed by atoms with Gasteiger partial charge in [-0.1, -0.05) is 0 Å². The number of nitrogens with zero attached hydrogens (tertiary/aromatic N) is 1. The Labute approximate surface area is 120 Å². The van der Waals surface area contributed by atoms with Crippen LogP contribution in [0.4, 0.5) is 5.69 Å². The van der Waals surface area contributed by atoms with E-state index in [0.717, 1.165) is 43.8 Å². The Balaban J connectivity index is 2.17. The fraction of sp³-hybridized carbons (Fsp3) is 0.533. The third-order valence-electron chi connectivity index (χ3n) is 4.01. The molecular formula is C15H23N3O2. The van der Waals surface area contributed by atoms with Gasteiger partial charge in [0.25, 0.3) is 0 Å². The van der Waals surface area contributed by atoms with Crippen LogP contribution in [-0.2, 0) is 4.79 Å². The number of amides is 1. The lowest BCUT2D eigenvalue weighted by Gasteiger charge is -2.31. The van der Waals surface area contributed by atoms with Gasteiger partial charge in [0.05, 0.1) is 7.11 Å². The summed E-state index contributed by atoms with van der Waals surface area (Å²) in [4.78, 5) is 14.2. The number of nitrogens with two attached hydrogens (primary N) is 1. The molecule has 1 saturated heterocycles. The maximum absolute atomic E-state index is 12.0. The first-order chi connectivity index (χ1) is 9.55. The second kappa shape index (κ2) is 6.13. The zero-order valence-corrected chi connectivity index (χ0v) is 12.2. The van der Waals surface area contributed by atoms with E-state index in [0.29, 0.717) is 0 Å². The highest BCUT2D eigenvalue weighted by Gasteiger charge is 2.37. The summed E-state index contributed by atoms with van der Waals surface area (Å²) in [5, 5.41) is 3.35. The lowest BCUT2D eigenvalue weighted by molar-refractivity contribution is -0.122. The minimum Gasteiger partial charge on any atom is -0.497 e. The molecule has 1 aromatic carbocycles. The molecule has 5 heteroatoms. The van der Waals surface area contributed by atoms with E-state index in [-0.39, 0.29) is 5.91 Å². The van der Waals surface area contributed by atoms with Crippen LogP contribution in [0.2, 0.25) is 0 Å². The normalized spacial score (nSPS) is 23.9. The van der Waals surface area contributed by atoms with Gasteiger partial charge in [0.15, 0.2) is 0 Å². The molecule has 1 aliphatic rings. The Morgan fingerprint density at radius 3 is 2.60 bits per heavy atom. The molecule has 20 heavy (non-hydrogen) atoms. The van der Waals surface area contributed by atoms with Gasteiger partial charge < -0.3 is 20.7 Å². The van der Waals surface area contributed by atoms with E-state index in [1.165, 1.54) is 0 Å². The van der Waals surface area contributed by atoms with Crippen molar-refractivity contribution in [2.75, 3.05) is 32.6 Å². The molecule has 1 heterocycles. The lowest BCUT2D eigenvalue weighted by atomic mass is 9.89. The number of hydrogen-bond acceptors (Lipinski definition) is 4. The van der Waals surface area contributed by atoms with Gasteiger partial charge in [-0.25, -0.2) is 0 Å². The van der Waals surface area contributed by atoms with Crippen LogP contribution in [0.3, 0.4) is 0 Å². The van der Waals surface area contributed by atoms with Crippen molar-refractivity contribution in [2.24, 2.45) is 5.73 Å². The quantitative estimate of drug-likeness (QED) is 0.874. The highest BCUT2D eigenvalue weighted by atomic mass is 16.5.